The Morgan fingerprint density at radius 2 is 1.88 bits per heavy atom. The molecule has 5 heteroatoms. The molecule has 0 N–H and O–H groups in total. The molecule has 1 unspecified atom stereocenters. The Bertz CT molecular complexity index is 745. The van der Waals surface area contributed by atoms with Crippen molar-refractivity contribution in [1.82, 2.24) is 0 Å². The molecule has 2 aliphatic carbocycles. The van der Waals surface area contributed by atoms with Crippen LogP contribution in [0.25, 0.3) is 6.08 Å². The van der Waals surface area contributed by atoms with E-state index in [0.29, 0.717) is 3.63 Å². The Hall–Kier alpha value is -0.0500. The number of fused-ring (bicyclic) bond motifs is 1. The fraction of sp³-hybridized carbons (Fsp3) is 0.381. The van der Waals surface area contributed by atoms with Crippen molar-refractivity contribution in [2.24, 2.45) is 0 Å². The Morgan fingerprint density at radius 3 is 2.58 bits per heavy atom. The summed E-state index contributed by atoms with van der Waals surface area (Å²) in [7, 11) is -1.41. The van der Waals surface area contributed by atoms with Gasteiger partial charge in [-0.3, -0.25) is 0 Å². The van der Waals surface area contributed by atoms with Crippen LogP contribution in [-0.2, 0) is 25.7 Å². The smallest absolute Gasteiger partial charge is 1.00 e. The summed E-state index contributed by atoms with van der Waals surface area (Å²) < 4.78 is 11.1. The van der Waals surface area contributed by atoms with Gasteiger partial charge in [0.2, 0.25) is 0 Å². The number of halogens is 2. The molecule has 0 bridgehead atoms. The molecule has 140 valence electrons. The number of rotatable bonds is 6. The van der Waals surface area contributed by atoms with Crippen LogP contribution in [0.2, 0.25) is 19.6 Å². The van der Waals surface area contributed by atoms with Crippen LogP contribution < -0.4 is 24.8 Å². The van der Waals surface area contributed by atoms with E-state index in [1.54, 1.807) is 14.4 Å². The first kappa shape index (κ1) is 24.0. The third-order valence-electron chi connectivity index (χ3n) is 4.73. The molecule has 1 aromatic rings. The van der Waals surface area contributed by atoms with Gasteiger partial charge in [0.1, 0.15) is 0 Å². The van der Waals surface area contributed by atoms with Crippen LogP contribution in [-0.4, -0.2) is 18.6 Å². The molecular weight excluding hydrogens is 458 g/mol. The quantitative estimate of drug-likeness (QED) is 0.500. The van der Waals surface area contributed by atoms with Crippen LogP contribution in [0.4, 0.5) is 0 Å². The van der Waals surface area contributed by atoms with Crippen LogP contribution in [0.5, 0.6) is 0 Å². The first-order valence-corrected chi connectivity index (χ1v) is 16.4. The van der Waals surface area contributed by atoms with Crippen LogP contribution in [0.1, 0.15) is 34.5 Å². The van der Waals surface area contributed by atoms with Gasteiger partial charge in [0.15, 0.2) is 0 Å². The summed E-state index contributed by atoms with van der Waals surface area (Å²) in [5.41, 5.74) is 4.57. The fourth-order valence-corrected chi connectivity index (χ4v) is 11.5. The molecule has 0 saturated carbocycles. The molecule has 0 aliphatic heterocycles. The van der Waals surface area contributed by atoms with Crippen molar-refractivity contribution < 1.29 is 50.5 Å². The normalized spacial score (nSPS) is 17.9. The predicted octanol–water partition coefficient (Wildman–Crippen LogP) is -0.342. The van der Waals surface area contributed by atoms with E-state index in [1.165, 1.54) is 12.0 Å². The largest absolute Gasteiger partial charge is 1.00 e. The minimum Gasteiger partial charge on any atom is -1.00 e. The molecule has 0 aromatic heterocycles. The first-order valence-electron chi connectivity index (χ1n) is 8.96. The van der Waals surface area contributed by atoms with Gasteiger partial charge in [-0.2, -0.15) is 0 Å². The Morgan fingerprint density at radius 1 is 1.15 bits per heavy atom. The SMILES string of the molecule is C[CH]=[Zr+2]([C]1=C(CCO[Si](C)(C)C)C=CC1)[CH]1C=Cc2ccccc21.[Cl-].[Cl-]. The second kappa shape index (κ2) is 10.5. The maximum absolute atomic E-state index is 6.10. The van der Waals surface area contributed by atoms with Crippen molar-refractivity contribution >= 4 is 18.1 Å². The van der Waals surface area contributed by atoms with Crippen LogP contribution in [0.3, 0.4) is 0 Å². The topological polar surface area (TPSA) is 9.23 Å². The molecule has 0 fully saturated rings. The van der Waals surface area contributed by atoms with E-state index in [-0.39, 0.29) is 24.8 Å². The molecule has 3 rings (SSSR count). The molecule has 0 spiro atoms. The third-order valence-corrected chi connectivity index (χ3v) is 13.2. The zero-order valence-electron chi connectivity index (χ0n) is 16.1. The molecule has 0 heterocycles. The summed E-state index contributed by atoms with van der Waals surface area (Å²) in [5.74, 6) is 0. The van der Waals surface area contributed by atoms with Gasteiger partial charge in [-0.25, -0.2) is 0 Å². The van der Waals surface area contributed by atoms with Crippen molar-refractivity contribution in [1.29, 1.82) is 0 Å². The molecular formula is C21H28Cl2OSiZr. The summed E-state index contributed by atoms with van der Waals surface area (Å²) >= 11 is -1.81. The van der Waals surface area contributed by atoms with E-state index in [9.17, 15) is 0 Å². The molecule has 0 amide bonds. The van der Waals surface area contributed by atoms with Crippen LogP contribution >= 0.6 is 0 Å². The van der Waals surface area contributed by atoms with Gasteiger partial charge in [-0.05, 0) is 0 Å². The minimum absolute atomic E-state index is 0. The van der Waals surface area contributed by atoms with Crippen molar-refractivity contribution in [3.05, 3.63) is 62.5 Å². The number of hydrogen-bond acceptors (Lipinski definition) is 1. The zero-order valence-corrected chi connectivity index (χ0v) is 21.0. The maximum atomic E-state index is 6.10. The van der Waals surface area contributed by atoms with Gasteiger partial charge in [-0.1, -0.05) is 0 Å². The van der Waals surface area contributed by atoms with Gasteiger partial charge >= 0.3 is 156 Å². The predicted molar refractivity (Wildman–Crippen MR) is 105 cm³/mol. The zero-order chi connectivity index (χ0) is 17.2. The molecule has 1 nitrogen and oxygen atoms in total. The average Bonchev–Trinajstić information content (AvgIpc) is 3.15. The Kier molecular flexibility index (Phi) is 9.67. The van der Waals surface area contributed by atoms with Crippen molar-refractivity contribution in [2.45, 2.75) is 43.0 Å². The van der Waals surface area contributed by atoms with E-state index in [1.807, 2.05) is 0 Å². The van der Waals surface area contributed by atoms with Gasteiger partial charge in [-0.15, -0.1) is 0 Å². The number of hydrogen-bond donors (Lipinski definition) is 0. The van der Waals surface area contributed by atoms with E-state index in [2.05, 4.69) is 78.8 Å². The van der Waals surface area contributed by atoms with Gasteiger partial charge in [0.25, 0.3) is 0 Å². The summed E-state index contributed by atoms with van der Waals surface area (Å²) in [4.78, 5) is 0. The average molecular weight is 487 g/mol. The maximum Gasteiger partial charge on any atom is -1.00 e. The van der Waals surface area contributed by atoms with E-state index < -0.39 is 29.6 Å². The molecule has 0 radical (unpaired) electrons. The van der Waals surface area contributed by atoms with Crippen molar-refractivity contribution in [2.75, 3.05) is 6.61 Å². The van der Waals surface area contributed by atoms with Gasteiger partial charge < -0.3 is 24.8 Å². The number of benzene rings is 1. The standard InChI is InChI=1S/C10H17OSi.C9H7.C2H4.2ClH.Zr/c1-12(2,3)11-9-8-10-6-4-5-7-10;1-2-5-9-7-3-6-8(9)4-1;1-2;;;/h4,6H,5,8-9H2,1-3H3;1-7H;1H,2H3;2*1H;/q;;;;;+2/p-2. The molecule has 1 aromatic carbocycles. The Balaban J connectivity index is 0.00000169. The van der Waals surface area contributed by atoms with E-state index >= 15 is 0 Å². The van der Waals surface area contributed by atoms with Crippen molar-refractivity contribution in [3.63, 3.8) is 0 Å². The summed E-state index contributed by atoms with van der Waals surface area (Å²) in [6.07, 6.45) is 11.8. The minimum atomic E-state index is -1.81. The first-order chi connectivity index (χ1) is 11.5. The van der Waals surface area contributed by atoms with Gasteiger partial charge in [0.05, 0.1) is 0 Å². The third kappa shape index (κ3) is 5.72. The van der Waals surface area contributed by atoms with Crippen molar-refractivity contribution in [3.8, 4) is 0 Å². The van der Waals surface area contributed by atoms with Crippen LogP contribution in [0, 0.1) is 0 Å². The molecule has 1 atom stereocenters. The Labute approximate surface area is 179 Å². The second-order valence-electron chi connectivity index (χ2n) is 7.53. The van der Waals surface area contributed by atoms with E-state index in [0.717, 1.165) is 13.0 Å². The molecule has 2 aliphatic rings. The molecule has 26 heavy (non-hydrogen) atoms. The summed E-state index contributed by atoms with van der Waals surface area (Å²) in [5, 5.41) is 0. The molecule has 0 saturated heterocycles. The van der Waals surface area contributed by atoms with Gasteiger partial charge in [0, 0.05) is 0 Å². The second-order valence-corrected chi connectivity index (χ2v) is 18.7. The fourth-order valence-electron chi connectivity index (χ4n) is 3.62. The van der Waals surface area contributed by atoms with Crippen LogP contribution in [0.15, 0.2) is 51.3 Å². The monoisotopic (exact) mass is 484 g/mol. The summed E-state index contributed by atoms with van der Waals surface area (Å²) in [6.45, 7) is 10.00. The van der Waals surface area contributed by atoms with E-state index in [4.69, 9.17) is 4.43 Å². The number of allylic oxidation sites excluding steroid dienone is 4. The summed E-state index contributed by atoms with van der Waals surface area (Å²) in [6, 6.07) is 8.94.